The summed E-state index contributed by atoms with van der Waals surface area (Å²) in [5, 5.41) is 43.1. The monoisotopic (exact) mass is 635 g/mol. The van der Waals surface area contributed by atoms with Crippen molar-refractivity contribution < 1.29 is 48.9 Å². The number of hydrogen-bond acceptors (Lipinski definition) is 10. The molecule has 17 heteroatoms. The molecule has 0 spiro atoms. The van der Waals surface area contributed by atoms with E-state index in [4.69, 9.17) is 5.73 Å². The number of carboxylic acid groups (broad SMARTS) is 1. The summed E-state index contributed by atoms with van der Waals surface area (Å²) < 4.78 is 0. The summed E-state index contributed by atoms with van der Waals surface area (Å²) in [5.41, 5.74) is 5.93. The Kier molecular flexibility index (Phi) is 14.7. The van der Waals surface area contributed by atoms with Gasteiger partial charge in [0, 0.05) is 12.8 Å². The number of phenols is 1. The molecule has 0 saturated carbocycles. The molecule has 0 unspecified atom stereocenters. The number of aliphatic hydroxyl groups excluding tert-OH is 1. The van der Waals surface area contributed by atoms with Crippen LogP contribution in [-0.2, 0) is 40.0 Å². The molecule has 1 aromatic rings. The van der Waals surface area contributed by atoms with Crippen LogP contribution < -0.4 is 37.6 Å². The molecule has 0 aliphatic carbocycles. The molecular weight excluding hydrogens is 594 g/mol. The van der Waals surface area contributed by atoms with Gasteiger partial charge < -0.3 is 53.0 Å². The van der Waals surface area contributed by atoms with Crippen LogP contribution in [0.2, 0.25) is 0 Å². The Morgan fingerprint density at radius 3 is 2.16 bits per heavy atom. The van der Waals surface area contributed by atoms with E-state index >= 15 is 0 Å². The van der Waals surface area contributed by atoms with Crippen molar-refractivity contribution in [2.45, 2.75) is 75.7 Å². The highest BCUT2D eigenvalue weighted by molar-refractivity contribution is 5.96. The molecule has 0 radical (unpaired) electrons. The summed E-state index contributed by atoms with van der Waals surface area (Å²) in [6.07, 6.45) is 1.40. The standard InChI is InChI=1S/C28H41N7O10/c1-15(31-25(41)18-9-10-22(38)32-18)24(40)30-13-23(39)33-20(12-16-5-7-17(37)8-6-16)26(42)35-21(14-36)27(43)34-19(28(44)45)4-2-3-11-29/h5-8,15,18-21,36-37H,2-4,9-14,29H2,1H3,(H,30,40)(H,31,41)(H,32,38)(H,33,39)(H,34,43)(H,35,42)(H,44,45)/t15-,18-,19-,20-,21-/m0/s1. The van der Waals surface area contributed by atoms with E-state index in [1.54, 1.807) is 0 Å². The normalized spacial score (nSPS) is 16.7. The van der Waals surface area contributed by atoms with Gasteiger partial charge in [-0.15, -0.1) is 0 Å². The average Bonchev–Trinajstić information content (AvgIpc) is 3.44. The molecule has 1 saturated heterocycles. The second-order valence-corrected chi connectivity index (χ2v) is 10.5. The van der Waals surface area contributed by atoms with Gasteiger partial charge in [-0.1, -0.05) is 12.1 Å². The Morgan fingerprint density at radius 1 is 0.933 bits per heavy atom. The minimum absolute atomic E-state index is 0.0421. The van der Waals surface area contributed by atoms with Gasteiger partial charge >= 0.3 is 5.97 Å². The third kappa shape index (κ3) is 12.4. The molecule has 248 valence electrons. The molecule has 5 atom stereocenters. The molecule has 1 aliphatic heterocycles. The summed E-state index contributed by atoms with van der Waals surface area (Å²) in [7, 11) is 0. The molecular formula is C28H41N7O10. The number of phenolic OH excluding ortho intramolecular Hbond substituents is 1. The van der Waals surface area contributed by atoms with Crippen molar-refractivity contribution >= 4 is 41.4 Å². The number of aliphatic carboxylic acids is 1. The van der Waals surface area contributed by atoms with E-state index in [0.717, 1.165) is 0 Å². The summed E-state index contributed by atoms with van der Waals surface area (Å²) in [6.45, 7) is 0.253. The van der Waals surface area contributed by atoms with Crippen molar-refractivity contribution in [1.82, 2.24) is 31.9 Å². The number of rotatable bonds is 18. The first kappa shape index (κ1) is 36.4. The molecule has 2 rings (SSSR count). The van der Waals surface area contributed by atoms with Gasteiger partial charge in [0.2, 0.25) is 35.4 Å². The zero-order valence-electron chi connectivity index (χ0n) is 24.8. The van der Waals surface area contributed by atoms with Crippen molar-refractivity contribution in [2.75, 3.05) is 19.7 Å². The smallest absolute Gasteiger partial charge is 0.326 e. The molecule has 0 aromatic heterocycles. The van der Waals surface area contributed by atoms with Gasteiger partial charge in [0.1, 0.15) is 36.0 Å². The molecule has 6 amide bonds. The lowest BCUT2D eigenvalue weighted by Crippen LogP contribution is -2.58. The van der Waals surface area contributed by atoms with Crippen molar-refractivity contribution in [2.24, 2.45) is 5.73 Å². The van der Waals surface area contributed by atoms with E-state index in [1.165, 1.54) is 31.2 Å². The minimum Gasteiger partial charge on any atom is -0.508 e. The molecule has 1 aromatic carbocycles. The summed E-state index contributed by atoms with van der Waals surface area (Å²) in [6, 6.07) is -0.259. The highest BCUT2D eigenvalue weighted by atomic mass is 16.4. The predicted octanol–water partition coefficient (Wildman–Crippen LogP) is -3.51. The fourth-order valence-electron chi connectivity index (χ4n) is 4.32. The SMILES string of the molecule is C[C@H](NC(=O)[C@@H]1CCC(=O)N1)C(=O)NCC(=O)N[C@@H](Cc1ccc(O)cc1)C(=O)N[C@@H](CO)C(=O)N[C@@H](CCCCN)C(=O)O. The fourth-order valence-corrected chi connectivity index (χ4v) is 4.32. The zero-order chi connectivity index (χ0) is 33.5. The Bertz CT molecular complexity index is 1230. The number of carbonyl (C=O) groups excluding carboxylic acids is 6. The molecule has 17 nitrogen and oxygen atoms in total. The first-order valence-electron chi connectivity index (χ1n) is 14.4. The van der Waals surface area contributed by atoms with Crippen LogP contribution in [-0.4, -0.2) is 107 Å². The fraction of sp³-hybridized carbons (Fsp3) is 0.536. The predicted molar refractivity (Wildman–Crippen MR) is 157 cm³/mol. The van der Waals surface area contributed by atoms with Gasteiger partial charge in [-0.2, -0.15) is 0 Å². The van der Waals surface area contributed by atoms with Gasteiger partial charge in [0.05, 0.1) is 13.2 Å². The van der Waals surface area contributed by atoms with Crippen LogP contribution in [0.3, 0.4) is 0 Å². The third-order valence-electron chi connectivity index (χ3n) is 6.89. The van der Waals surface area contributed by atoms with Gasteiger partial charge in [0.25, 0.3) is 0 Å². The maximum atomic E-state index is 13.2. The molecule has 11 N–H and O–H groups in total. The number of amides is 6. The summed E-state index contributed by atoms with van der Waals surface area (Å²) in [4.78, 5) is 86.3. The zero-order valence-corrected chi connectivity index (χ0v) is 24.8. The Hall–Kier alpha value is -4.77. The van der Waals surface area contributed by atoms with E-state index in [9.17, 15) is 48.9 Å². The van der Waals surface area contributed by atoms with E-state index < -0.39 is 78.9 Å². The first-order valence-corrected chi connectivity index (χ1v) is 14.4. The summed E-state index contributed by atoms with van der Waals surface area (Å²) in [5.74, 6) is -5.54. The second-order valence-electron chi connectivity index (χ2n) is 10.5. The van der Waals surface area contributed by atoms with E-state index in [1.807, 2.05) is 0 Å². The minimum atomic E-state index is -1.55. The topological polar surface area (TPSA) is 278 Å². The number of nitrogens with one attached hydrogen (secondary N) is 6. The quantitative estimate of drug-likeness (QED) is 0.0706. The van der Waals surface area contributed by atoms with Crippen LogP contribution >= 0.6 is 0 Å². The first-order chi connectivity index (χ1) is 21.3. The number of aliphatic hydroxyl groups is 1. The number of benzene rings is 1. The van der Waals surface area contributed by atoms with Crippen molar-refractivity contribution in [3.8, 4) is 5.75 Å². The lowest BCUT2D eigenvalue weighted by atomic mass is 10.0. The lowest BCUT2D eigenvalue weighted by Gasteiger charge is -2.24. The lowest BCUT2D eigenvalue weighted by molar-refractivity contribution is -0.142. The second kappa shape index (κ2) is 18.1. The van der Waals surface area contributed by atoms with E-state index in [0.29, 0.717) is 31.4 Å². The largest absolute Gasteiger partial charge is 0.508 e. The molecule has 1 fully saturated rings. The van der Waals surface area contributed by atoms with Gasteiger partial charge in [0.15, 0.2) is 0 Å². The number of hydrogen-bond donors (Lipinski definition) is 10. The van der Waals surface area contributed by atoms with Crippen LogP contribution in [0.15, 0.2) is 24.3 Å². The van der Waals surface area contributed by atoms with Gasteiger partial charge in [-0.05, 0) is 56.8 Å². The van der Waals surface area contributed by atoms with E-state index in [-0.39, 0.29) is 30.9 Å². The third-order valence-corrected chi connectivity index (χ3v) is 6.89. The van der Waals surface area contributed by atoms with Crippen LogP contribution in [0.25, 0.3) is 0 Å². The van der Waals surface area contributed by atoms with Gasteiger partial charge in [-0.3, -0.25) is 28.8 Å². The van der Waals surface area contributed by atoms with Gasteiger partial charge in [-0.25, -0.2) is 4.79 Å². The molecule has 45 heavy (non-hydrogen) atoms. The molecule has 1 aliphatic rings. The average molecular weight is 636 g/mol. The number of unbranched alkanes of at least 4 members (excludes halogenated alkanes) is 1. The van der Waals surface area contributed by atoms with Crippen LogP contribution in [0.4, 0.5) is 0 Å². The summed E-state index contributed by atoms with van der Waals surface area (Å²) >= 11 is 0. The van der Waals surface area contributed by atoms with E-state index in [2.05, 4.69) is 31.9 Å². The Labute approximate surface area is 259 Å². The van der Waals surface area contributed by atoms with Crippen molar-refractivity contribution in [1.29, 1.82) is 0 Å². The van der Waals surface area contributed by atoms with Crippen molar-refractivity contribution in [3.63, 3.8) is 0 Å². The van der Waals surface area contributed by atoms with Crippen LogP contribution in [0.5, 0.6) is 5.75 Å². The van der Waals surface area contributed by atoms with Crippen molar-refractivity contribution in [3.05, 3.63) is 29.8 Å². The highest BCUT2D eigenvalue weighted by Gasteiger charge is 2.31. The Balaban J connectivity index is 2.03. The maximum Gasteiger partial charge on any atom is 0.326 e. The number of carbonyl (C=O) groups is 7. The van der Waals surface area contributed by atoms with Crippen LogP contribution in [0, 0.1) is 0 Å². The number of aromatic hydroxyl groups is 1. The van der Waals surface area contributed by atoms with Crippen LogP contribution in [0.1, 0.15) is 44.6 Å². The number of carboxylic acids is 1. The highest BCUT2D eigenvalue weighted by Crippen LogP contribution is 2.12. The Morgan fingerprint density at radius 2 is 1.58 bits per heavy atom. The number of nitrogens with two attached hydrogens (primary N) is 1. The maximum absolute atomic E-state index is 13.2. The molecule has 0 bridgehead atoms. The molecule has 1 heterocycles.